The molecule has 0 radical (unpaired) electrons. The van der Waals surface area contributed by atoms with Gasteiger partial charge >= 0.3 is 5.97 Å². The van der Waals surface area contributed by atoms with Crippen LogP contribution in [0.25, 0.3) is 0 Å². The Morgan fingerprint density at radius 3 is 3.13 bits per heavy atom. The van der Waals surface area contributed by atoms with Gasteiger partial charge in [0.2, 0.25) is 0 Å². The molecule has 0 spiro atoms. The van der Waals surface area contributed by atoms with Crippen LogP contribution in [0.4, 0.5) is 0 Å². The Morgan fingerprint density at radius 1 is 1.73 bits per heavy atom. The predicted molar refractivity (Wildman–Crippen MR) is 53.9 cm³/mol. The van der Waals surface area contributed by atoms with Crippen LogP contribution >= 0.6 is 0 Å². The summed E-state index contributed by atoms with van der Waals surface area (Å²) in [7, 11) is 3.23. The molecule has 0 aliphatic carbocycles. The molecule has 0 aliphatic rings. The molecule has 0 bridgehead atoms. The molecule has 0 aliphatic heterocycles. The highest BCUT2D eigenvalue weighted by Crippen LogP contribution is 1.90. The van der Waals surface area contributed by atoms with Gasteiger partial charge in [-0.15, -0.1) is 10.2 Å². The number of carbonyl (C=O) groups is 1. The summed E-state index contributed by atoms with van der Waals surface area (Å²) < 4.78 is 6.28. The number of rotatable bonds is 5. The first-order chi connectivity index (χ1) is 7.24. The van der Waals surface area contributed by atoms with E-state index in [0.29, 0.717) is 6.54 Å². The summed E-state index contributed by atoms with van der Waals surface area (Å²) in [6.45, 7) is 0.694. The van der Waals surface area contributed by atoms with Crippen molar-refractivity contribution < 1.29 is 9.53 Å². The maximum absolute atomic E-state index is 10.7. The quantitative estimate of drug-likeness (QED) is 0.408. The van der Waals surface area contributed by atoms with E-state index in [-0.39, 0.29) is 5.97 Å². The van der Waals surface area contributed by atoms with Crippen molar-refractivity contribution in [3.05, 3.63) is 24.4 Å². The number of carbonyl (C=O) groups excluding carboxylic acids is 1. The van der Waals surface area contributed by atoms with Crippen LogP contribution in [0.15, 0.2) is 18.6 Å². The monoisotopic (exact) mass is 210 g/mol. The standard InChI is InChI=1S/C9H14N4O2/c1-13-7-11-12-8(13)3-5-10-6-4-9(14)15-2/h4,6-7,10H,3,5H2,1-2H3/b6-4+. The first-order valence-corrected chi connectivity index (χ1v) is 4.55. The largest absolute Gasteiger partial charge is 0.466 e. The Hall–Kier alpha value is -1.85. The smallest absolute Gasteiger partial charge is 0.331 e. The number of nitrogens with zero attached hydrogens (tertiary/aromatic N) is 3. The molecule has 0 atom stereocenters. The van der Waals surface area contributed by atoms with E-state index in [9.17, 15) is 4.79 Å². The molecule has 1 heterocycles. The van der Waals surface area contributed by atoms with E-state index in [1.54, 1.807) is 12.5 Å². The third kappa shape index (κ3) is 3.80. The van der Waals surface area contributed by atoms with Gasteiger partial charge in [0.15, 0.2) is 0 Å². The molecule has 0 saturated carbocycles. The molecule has 1 N–H and O–H groups in total. The molecule has 0 aromatic carbocycles. The van der Waals surface area contributed by atoms with Gasteiger partial charge < -0.3 is 14.6 Å². The zero-order chi connectivity index (χ0) is 11.1. The number of ether oxygens (including phenoxy) is 1. The Morgan fingerprint density at radius 2 is 2.53 bits per heavy atom. The molecule has 1 aromatic rings. The summed E-state index contributed by atoms with van der Waals surface area (Å²) in [5, 5.41) is 10.6. The van der Waals surface area contributed by atoms with Gasteiger partial charge in [-0.1, -0.05) is 0 Å². The van der Waals surface area contributed by atoms with E-state index in [1.165, 1.54) is 13.2 Å². The third-order valence-electron chi connectivity index (χ3n) is 1.84. The number of methoxy groups -OCH3 is 1. The number of aromatic nitrogens is 3. The maximum Gasteiger partial charge on any atom is 0.331 e. The molecule has 0 fully saturated rings. The number of hydrogen-bond acceptors (Lipinski definition) is 5. The Bertz CT molecular complexity index is 346. The topological polar surface area (TPSA) is 69.0 Å². The minimum atomic E-state index is -0.374. The van der Waals surface area contributed by atoms with E-state index >= 15 is 0 Å². The molecule has 6 nitrogen and oxygen atoms in total. The van der Waals surface area contributed by atoms with E-state index in [2.05, 4.69) is 20.3 Å². The van der Waals surface area contributed by atoms with Crippen molar-refractivity contribution in [2.75, 3.05) is 13.7 Å². The number of nitrogens with one attached hydrogen (secondary N) is 1. The molecule has 6 heteroatoms. The van der Waals surface area contributed by atoms with Crippen LogP contribution in [-0.4, -0.2) is 34.4 Å². The molecule has 0 amide bonds. The van der Waals surface area contributed by atoms with Gasteiger partial charge in [0.25, 0.3) is 0 Å². The lowest BCUT2D eigenvalue weighted by molar-refractivity contribution is -0.134. The Labute approximate surface area is 87.9 Å². The highest BCUT2D eigenvalue weighted by Gasteiger charge is 1.98. The second-order valence-corrected chi connectivity index (χ2v) is 2.92. The minimum Gasteiger partial charge on any atom is -0.466 e. The lowest BCUT2D eigenvalue weighted by Crippen LogP contribution is -2.13. The van der Waals surface area contributed by atoms with Crippen LogP contribution in [0.3, 0.4) is 0 Å². The van der Waals surface area contributed by atoms with Gasteiger partial charge in [0, 0.05) is 32.3 Å². The SMILES string of the molecule is COC(=O)/C=C/NCCc1nncn1C. The van der Waals surface area contributed by atoms with Crippen molar-refractivity contribution in [2.45, 2.75) is 6.42 Å². The van der Waals surface area contributed by atoms with Gasteiger partial charge in [-0.2, -0.15) is 0 Å². The van der Waals surface area contributed by atoms with E-state index in [4.69, 9.17) is 0 Å². The van der Waals surface area contributed by atoms with Crippen LogP contribution < -0.4 is 5.32 Å². The fraction of sp³-hybridized carbons (Fsp3) is 0.444. The molecule has 0 saturated heterocycles. The van der Waals surface area contributed by atoms with Crippen LogP contribution in [0, 0.1) is 0 Å². The van der Waals surface area contributed by atoms with Crippen LogP contribution in [0.2, 0.25) is 0 Å². The minimum absolute atomic E-state index is 0.374. The van der Waals surface area contributed by atoms with Gasteiger partial charge in [-0.05, 0) is 0 Å². The number of aryl methyl sites for hydroxylation is 1. The van der Waals surface area contributed by atoms with Crippen molar-refractivity contribution in [1.82, 2.24) is 20.1 Å². The Balaban J connectivity index is 2.20. The average Bonchev–Trinajstić information content (AvgIpc) is 2.63. The van der Waals surface area contributed by atoms with E-state index in [0.717, 1.165) is 12.2 Å². The highest BCUT2D eigenvalue weighted by atomic mass is 16.5. The van der Waals surface area contributed by atoms with Crippen LogP contribution in [0.1, 0.15) is 5.82 Å². The average molecular weight is 210 g/mol. The lowest BCUT2D eigenvalue weighted by atomic mass is 10.4. The zero-order valence-corrected chi connectivity index (χ0v) is 8.80. The summed E-state index contributed by atoms with van der Waals surface area (Å²) in [6, 6.07) is 0. The molecule has 1 aromatic heterocycles. The summed E-state index contributed by atoms with van der Waals surface area (Å²) in [6.07, 6.45) is 5.29. The summed E-state index contributed by atoms with van der Waals surface area (Å²) in [4.78, 5) is 10.7. The van der Waals surface area contributed by atoms with Crippen molar-refractivity contribution in [3.8, 4) is 0 Å². The Kier molecular flexibility index (Phi) is 4.33. The maximum atomic E-state index is 10.7. The third-order valence-corrected chi connectivity index (χ3v) is 1.84. The second-order valence-electron chi connectivity index (χ2n) is 2.92. The number of hydrogen-bond donors (Lipinski definition) is 1. The fourth-order valence-corrected chi connectivity index (χ4v) is 0.996. The van der Waals surface area contributed by atoms with Crippen LogP contribution in [0.5, 0.6) is 0 Å². The molecule has 82 valence electrons. The first-order valence-electron chi connectivity index (χ1n) is 4.55. The molecule has 15 heavy (non-hydrogen) atoms. The summed E-state index contributed by atoms with van der Waals surface area (Å²) in [5.41, 5.74) is 0. The van der Waals surface area contributed by atoms with Crippen molar-refractivity contribution in [3.63, 3.8) is 0 Å². The predicted octanol–water partition coefficient (Wildman–Crippen LogP) is -0.366. The van der Waals surface area contributed by atoms with Crippen molar-refractivity contribution >= 4 is 5.97 Å². The second kappa shape index (κ2) is 5.79. The van der Waals surface area contributed by atoms with Gasteiger partial charge in [-0.25, -0.2) is 4.79 Å². The highest BCUT2D eigenvalue weighted by molar-refractivity contribution is 5.81. The molecule has 1 rings (SSSR count). The zero-order valence-electron chi connectivity index (χ0n) is 8.80. The van der Waals surface area contributed by atoms with Crippen molar-refractivity contribution in [1.29, 1.82) is 0 Å². The number of esters is 1. The first kappa shape index (κ1) is 11.2. The van der Waals surface area contributed by atoms with Gasteiger partial charge in [0.1, 0.15) is 12.2 Å². The van der Waals surface area contributed by atoms with E-state index in [1.807, 2.05) is 11.6 Å². The summed E-state index contributed by atoms with van der Waals surface area (Å²) in [5.74, 6) is 0.523. The molecular formula is C9H14N4O2. The fourth-order valence-electron chi connectivity index (χ4n) is 0.996. The van der Waals surface area contributed by atoms with Crippen LogP contribution in [-0.2, 0) is 23.0 Å². The lowest BCUT2D eigenvalue weighted by Gasteiger charge is -2.00. The molecular weight excluding hydrogens is 196 g/mol. The van der Waals surface area contributed by atoms with Gasteiger partial charge in [0.05, 0.1) is 7.11 Å². The summed E-state index contributed by atoms with van der Waals surface area (Å²) >= 11 is 0. The van der Waals surface area contributed by atoms with Gasteiger partial charge in [-0.3, -0.25) is 0 Å². The molecule has 0 unspecified atom stereocenters. The normalized spacial score (nSPS) is 10.5. The van der Waals surface area contributed by atoms with Crippen molar-refractivity contribution in [2.24, 2.45) is 7.05 Å². The van der Waals surface area contributed by atoms with E-state index < -0.39 is 0 Å².